The van der Waals surface area contributed by atoms with Gasteiger partial charge in [0, 0.05) is 25.0 Å². The highest BCUT2D eigenvalue weighted by molar-refractivity contribution is 5.85. The number of hydrogen-bond acceptors (Lipinski definition) is 2. The first-order valence-corrected chi connectivity index (χ1v) is 8.15. The third-order valence-electron chi connectivity index (χ3n) is 4.65. The van der Waals surface area contributed by atoms with Crippen LogP contribution in [-0.4, -0.2) is 36.5 Å². The number of carbonyl (C=O) groups excluding carboxylic acids is 1. The van der Waals surface area contributed by atoms with E-state index in [1.807, 2.05) is 18.0 Å². The third-order valence-corrected chi connectivity index (χ3v) is 4.65. The molecule has 0 saturated carbocycles. The maximum atomic E-state index is 12.7. The van der Waals surface area contributed by atoms with Gasteiger partial charge in [0.1, 0.15) is 0 Å². The first kappa shape index (κ1) is 19.0. The highest BCUT2D eigenvalue weighted by atomic mass is 35.5. The van der Waals surface area contributed by atoms with Crippen molar-refractivity contribution in [1.29, 1.82) is 0 Å². The second-order valence-electron chi connectivity index (χ2n) is 6.28. The molecule has 1 saturated heterocycles. The number of carbonyl (C=O) groups is 1. The first-order chi connectivity index (χ1) is 10.1. The standard InChI is InChI=1S/C18H28N2O.ClH/c1-4-17(13-15-8-6-5-7-9-15)20(3)18(21)16-10-11-19-14(2)12-16;/h5-9,14,16-17,19H,4,10-13H2,1-3H3;1H/t14-,16-,17?;/m0./s1. The summed E-state index contributed by atoms with van der Waals surface area (Å²) in [4.78, 5) is 14.7. The molecule has 1 heterocycles. The zero-order valence-corrected chi connectivity index (χ0v) is 14.7. The summed E-state index contributed by atoms with van der Waals surface area (Å²) in [6, 6.07) is 11.2. The summed E-state index contributed by atoms with van der Waals surface area (Å²) in [6.07, 6.45) is 3.87. The Bertz CT molecular complexity index is 452. The van der Waals surface area contributed by atoms with E-state index in [-0.39, 0.29) is 18.3 Å². The number of piperidine rings is 1. The van der Waals surface area contributed by atoms with Gasteiger partial charge in [-0.25, -0.2) is 0 Å². The number of likely N-dealkylation sites (N-methyl/N-ethyl adjacent to an activating group) is 1. The Labute approximate surface area is 140 Å². The number of amides is 1. The lowest BCUT2D eigenvalue weighted by Crippen LogP contribution is -2.46. The van der Waals surface area contributed by atoms with E-state index in [2.05, 4.69) is 43.4 Å². The quantitative estimate of drug-likeness (QED) is 0.901. The van der Waals surface area contributed by atoms with Gasteiger partial charge in [-0.1, -0.05) is 37.3 Å². The molecule has 3 nitrogen and oxygen atoms in total. The predicted molar refractivity (Wildman–Crippen MR) is 94.4 cm³/mol. The van der Waals surface area contributed by atoms with Crippen LogP contribution in [0.1, 0.15) is 38.7 Å². The van der Waals surface area contributed by atoms with Crippen LogP contribution >= 0.6 is 12.4 Å². The van der Waals surface area contributed by atoms with E-state index in [1.165, 1.54) is 5.56 Å². The van der Waals surface area contributed by atoms with E-state index >= 15 is 0 Å². The van der Waals surface area contributed by atoms with Crippen LogP contribution in [0.15, 0.2) is 30.3 Å². The minimum atomic E-state index is 0. The van der Waals surface area contributed by atoms with Gasteiger partial charge in [-0.3, -0.25) is 4.79 Å². The van der Waals surface area contributed by atoms with Crippen molar-refractivity contribution in [2.75, 3.05) is 13.6 Å². The summed E-state index contributed by atoms with van der Waals surface area (Å²) >= 11 is 0. The number of halogens is 1. The van der Waals surface area contributed by atoms with Crippen molar-refractivity contribution in [2.45, 2.75) is 51.6 Å². The average Bonchev–Trinajstić information content (AvgIpc) is 2.52. The first-order valence-electron chi connectivity index (χ1n) is 8.15. The van der Waals surface area contributed by atoms with Gasteiger partial charge < -0.3 is 10.2 Å². The van der Waals surface area contributed by atoms with E-state index in [0.29, 0.717) is 18.0 Å². The molecule has 0 bridgehead atoms. The number of rotatable bonds is 5. The molecule has 0 aliphatic carbocycles. The summed E-state index contributed by atoms with van der Waals surface area (Å²) in [6.45, 7) is 5.30. The van der Waals surface area contributed by atoms with Gasteiger partial charge >= 0.3 is 0 Å². The van der Waals surface area contributed by atoms with E-state index in [4.69, 9.17) is 0 Å². The van der Waals surface area contributed by atoms with Crippen LogP contribution in [0.3, 0.4) is 0 Å². The molecule has 1 aliphatic rings. The SMILES string of the molecule is CCC(Cc1ccccc1)N(C)C(=O)[C@H]1CCN[C@@H](C)C1.Cl. The van der Waals surface area contributed by atoms with Crippen molar-refractivity contribution in [3.63, 3.8) is 0 Å². The maximum Gasteiger partial charge on any atom is 0.225 e. The van der Waals surface area contributed by atoms with Crippen LogP contribution in [0.25, 0.3) is 0 Å². The van der Waals surface area contributed by atoms with E-state index in [9.17, 15) is 4.79 Å². The second-order valence-corrected chi connectivity index (χ2v) is 6.28. The molecule has 1 aromatic rings. The van der Waals surface area contributed by atoms with E-state index < -0.39 is 0 Å². The van der Waals surface area contributed by atoms with Gasteiger partial charge in [0.2, 0.25) is 5.91 Å². The van der Waals surface area contributed by atoms with Crippen molar-refractivity contribution in [3.8, 4) is 0 Å². The summed E-state index contributed by atoms with van der Waals surface area (Å²) in [7, 11) is 1.98. The van der Waals surface area contributed by atoms with Crippen LogP contribution in [-0.2, 0) is 11.2 Å². The van der Waals surface area contributed by atoms with Crippen LogP contribution in [0.5, 0.6) is 0 Å². The zero-order valence-electron chi connectivity index (χ0n) is 13.9. The van der Waals surface area contributed by atoms with Crippen molar-refractivity contribution < 1.29 is 4.79 Å². The van der Waals surface area contributed by atoms with Crippen LogP contribution in [0.4, 0.5) is 0 Å². The molecule has 0 aromatic heterocycles. The number of benzene rings is 1. The summed E-state index contributed by atoms with van der Waals surface area (Å²) in [5.41, 5.74) is 1.31. The lowest BCUT2D eigenvalue weighted by molar-refractivity contribution is -0.137. The molecule has 22 heavy (non-hydrogen) atoms. The molecule has 1 amide bonds. The van der Waals surface area contributed by atoms with Gasteiger partial charge in [0.25, 0.3) is 0 Å². The molecule has 1 unspecified atom stereocenters. The average molecular weight is 325 g/mol. The third kappa shape index (κ3) is 4.99. The Morgan fingerprint density at radius 3 is 2.64 bits per heavy atom. The fourth-order valence-corrected chi connectivity index (χ4v) is 3.27. The maximum absolute atomic E-state index is 12.7. The fourth-order valence-electron chi connectivity index (χ4n) is 3.27. The molecule has 1 fully saturated rings. The minimum absolute atomic E-state index is 0. The van der Waals surface area contributed by atoms with Gasteiger partial charge in [-0.05, 0) is 44.7 Å². The van der Waals surface area contributed by atoms with E-state index in [1.54, 1.807) is 0 Å². The minimum Gasteiger partial charge on any atom is -0.342 e. The summed E-state index contributed by atoms with van der Waals surface area (Å²) in [5, 5.41) is 3.42. The highest BCUT2D eigenvalue weighted by Crippen LogP contribution is 2.21. The van der Waals surface area contributed by atoms with Gasteiger partial charge in [0.15, 0.2) is 0 Å². The Kier molecular flexibility index (Phi) is 7.91. The van der Waals surface area contributed by atoms with Crippen molar-refractivity contribution in [2.24, 2.45) is 5.92 Å². The van der Waals surface area contributed by atoms with Crippen molar-refractivity contribution in [3.05, 3.63) is 35.9 Å². The normalized spacial score (nSPS) is 22.5. The van der Waals surface area contributed by atoms with Gasteiger partial charge in [-0.15, -0.1) is 12.4 Å². The Hall–Kier alpha value is -1.06. The fraction of sp³-hybridized carbons (Fsp3) is 0.611. The van der Waals surface area contributed by atoms with Gasteiger partial charge in [0.05, 0.1) is 0 Å². The van der Waals surface area contributed by atoms with Crippen LogP contribution in [0.2, 0.25) is 0 Å². The lowest BCUT2D eigenvalue weighted by Gasteiger charge is -2.34. The predicted octanol–water partition coefficient (Wildman–Crippen LogP) is 3.28. The number of nitrogens with one attached hydrogen (secondary N) is 1. The zero-order chi connectivity index (χ0) is 15.2. The summed E-state index contributed by atoms with van der Waals surface area (Å²) in [5.74, 6) is 0.516. The molecule has 2 rings (SSSR count). The molecule has 0 spiro atoms. The summed E-state index contributed by atoms with van der Waals surface area (Å²) < 4.78 is 0. The Morgan fingerprint density at radius 1 is 1.36 bits per heavy atom. The topological polar surface area (TPSA) is 32.3 Å². The van der Waals surface area contributed by atoms with Gasteiger partial charge in [-0.2, -0.15) is 0 Å². The molecule has 1 N–H and O–H groups in total. The van der Waals surface area contributed by atoms with Crippen molar-refractivity contribution >= 4 is 18.3 Å². The monoisotopic (exact) mass is 324 g/mol. The Morgan fingerprint density at radius 2 is 2.05 bits per heavy atom. The number of hydrogen-bond donors (Lipinski definition) is 1. The largest absolute Gasteiger partial charge is 0.342 e. The molecule has 3 atom stereocenters. The molecular formula is C18H29ClN2O. The molecule has 0 radical (unpaired) electrons. The van der Waals surface area contributed by atoms with Crippen LogP contribution in [0, 0.1) is 5.92 Å². The molecule has 4 heteroatoms. The highest BCUT2D eigenvalue weighted by Gasteiger charge is 2.29. The number of nitrogens with zero attached hydrogens (tertiary/aromatic N) is 1. The lowest BCUT2D eigenvalue weighted by atomic mass is 9.91. The molecule has 1 aromatic carbocycles. The van der Waals surface area contributed by atoms with Crippen LogP contribution < -0.4 is 5.32 Å². The molecule has 1 aliphatic heterocycles. The second kappa shape index (κ2) is 9.16. The smallest absolute Gasteiger partial charge is 0.225 e. The Balaban J connectivity index is 0.00000242. The molecular weight excluding hydrogens is 296 g/mol. The molecule has 124 valence electrons. The van der Waals surface area contributed by atoms with E-state index in [0.717, 1.165) is 32.2 Å². The van der Waals surface area contributed by atoms with Crippen molar-refractivity contribution in [1.82, 2.24) is 10.2 Å².